The van der Waals surface area contributed by atoms with Gasteiger partial charge in [0.2, 0.25) is 5.91 Å². The number of amides is 2. The van der Waals surface area contributed by atoms with E-state index in [1.165, 1.54) is 16.7 Å². The number of thioether (sulfide) groups is 1. The molecule has 1 saturated heterocycles. The molecule has 2 aliphatic heterocycles. The lowest BCUT2D eigenvalue weighted by Crippen LogP contribution is -2.71. The fourth-order valence-electron chi connectivity index (χ4n) is 3.52. The average Bonchev–Trinajstić information content (AvgIpc) is 2.70. The van der Waals surface area contributed by atoms with Crippen LogP contribution in [0.3, 0.4) is 0 Å². The highest BCUT2D eigenvalue weighted by atomic mass is 32.2. The number of esters is 1. The number of nitrogens with one attached hydrogen (secondary N) is 1. The molecule has 1 fully saturated rings. The van der Waals surface area contributed by atoms with Crippen molar-refractivity contribution in [3.05, 3.63) is 59.8 Å². The molecule has 0 bridgehead atoms. The second-order valence-corrected chi connectivity index (χ2v) is 9.64. The topological polar surface area (TPSA) is 95.9 Å². The lowest BCUT2D eigenvalue weighted by Gasteiger charge is -2.50. The van der Waals surface area contributed by atoms with Crippen LogP contribution in [-0.2, 0) is 25.5 Å². The molecule has 1 aromatic carbocycles. The Bertz CT molecular complexity index is 906. The first-order valence-corrected chi connectivity index (χ1v) is 11.2. The van der Waals surface area contributed by atoms with Gasteiger partial charge in [-0.15, -0.1) is 18.3 Å². The van der Waals surface area contributed by atoms with Gasteiger partial charge >= 0.3 is 5.97 Å². The maximum absolute atomic E-state index is 12.9. The van der Waals surface area contributed by atoms with Crippen molar-refractivity contribution in [2.24, 2.45) is 0 Å². The van der Waals surface area contributed by atoms with E-state index >= 15 is 0 Å². The third-order valence-electron chi connectivity index (χ3n) is 4.91. The van der Waals surface area contributed by atoms with Gasteiger partial charge in [-0.3, -0.25) is 14.5 Å². The summed E-state index contributed by atoms with van der Waals surface area (Å²) >= 11 is 1.40. The van der Waals surface area contributed by atoms with Gasteiger partial charge in [0.15, 0.2) is 0 Å². The number of aliphatic hydroxyl groups is 1. The first-order chi connectivity index (χ1) is 14.6. The number of ether oxygens (including phenoxy) is 1. The summed E-state index contributed by atoms with van der Waals surface area (Å²) < 4.78 is 5.51. The van der Waals surface area contributed by atoms with E-state index in [2.05, 4.69) is 11.9 Å². The van der Waals surface area contributed by atoms with Crippen molar-refractivity contribution >= 4 is 29.5 Å². The number of benzene rings is 1. The normalized spacial score (nSPS) is 21.7. The van der Waals surface area contributed by atoms with Crippen molar-refractivity contribution in [1.82, 2.24) is 10.2 Å². The highest BCUT2D eigenvalue weighted by Crippen LogP contribution is 2.42. The highest BCUT2D eigenvalue weighted by molar-refractivity contribution is 8.00. The van der Waals surface area contributed by atoms with Crippen LogP contribution in [0.15, 0.2) is 54.3 Å². The van der Waals surface area contributed by atoms with E-state index in [1.807, 2.05) is 30.3 Å². The van der Waals surface area contributed by atoms with Crippen molar-refractivity contribution in [2.75, 3.05) is 5.75 Å². The molecule has 0 spiro atoms. The van der Waals surface area contributed by atoms with Crippen LogP contribution < -0.4 is 5.32 Å². The lowest BCUT2D eigenvalue weighted by molar-refractivity contribution is -0.159. The summed E-state index contributed by atoms with van der Waals surface area (Å²) in [6, 6.07) is 8.54. The van der Waals surface area contributed by atoms with E-state index in [0.717, 1.165) is 5.56 Å². The van der Waals surface area contributed by atoms with Crippen molar-refractivity contribution in [2.45, 2.75) is 56.7 Å². The van der Waals surface area contributed by atoms with Crippen LogP contribution in [0.1, 0.15) is 32.8 Å². The fraction of sp³-hybridized carbons (Fsp3) is 0.435. The van der Waals surface area contributed by atoms with Gasteiger partial charge in [-0.1, -0.05) is 36.4 Å². The lowest BCUT2D eigenvalue weighted by atomic mass is 9.98. The summed E-state index contributed by atoms with van der Waals surface area (Å²) in [6.07, 6.45) is 1.05. The largest absolute Gasteiger partial charge is 0.455 e. The van der Waals surface area contributed by atoms with E-state index in [-0.39, 0.29) is 30.4 Å². The summed E-state index contributed by atoms with van der Waals surface area (Å²) in [5.41, 5.74) is 0.615. The van der Waals surface area contributed by atoms with Gasteiger partial charge in [-0.2, -0.15) is 0 Å². The Hall–Kier alpha value is -2.58. The highest BCUT2D eigenvalue weighted by Gasteiger charge is 2.55. The Balaban J connectivity index is 1.79. The summed E-state index contributed by atoms with van der Waals surface area (Å²) in [5.74, 6) is -0.950. The zero-order valence-corrected chi connectivity index (χ0v) is 18.8. The minimum Gasteiger partial charge on any atom is -0.455 e. The molecule has 3 atom stereocenters. The third kappa shape index (κ3) is 5.19. The number of aliphatic hydroxyl groups excluding tert-OH is 1. The summed E-state index contributed by atoms with van der Waals surface area (Å²) in [6.45, 7) is 8.86. The number of β-lactam (4-membered cyclic amide) rings is 1. The maximum Gasteiger partial charge on any atom is 0.355 e. The van der Waals surface area contributed by atoms with Gasteiger partial charge in [0.1, 0.15) is 22.7 Å². The molecule has 0 unspecified atom stereocenters. The van der Waals surface area contributed by atoms with Gasteiger partial charge in [0.05, 0.1) is 12.5 Å². The van der Waals surface area contributed by atoms with E-state index < -0.39 is 29.1 Å². The first kappa shape index (κ1) is 23.1. The molecule has 0 aliphatic carbocycles. The average molecular weight is 445 g/mol. The van der Waals surface area contributed by atoms with E-state index in [0.29, 0.717) is 11.3 Å². The predicted octanol–water partition coefficient (Wildman–Crippen LogP) is 2.16. The van der Waals surface area contributed by atoms with Gasteiger partial charge in [0.25, 0.3) is 5.91 Å². The molecule has 0 saturated carbocycles. The van der Waals surface area contributed by atoms with Crippen molar-refractivity contribution < 1.29 is 24.2 Å². The molecule has 0 radical (unpaired) electrons. The summed E-state index contributed by atoms with van der Waals surface area (Å²) in [4.78, 5) is 39.7. The van der Waals surface area contributed by atoms with Crippen molar-refractivity contribution in [3.63, 3.8) is 0 Å². The molecule has 0 aromatic heterocycles. The molecule has 2 heterocycles. The van der Waals surface area contributed by atoms with Crippen molar-refractivity contribution in [3.8, 4) is 0 Å². The van der Waals surface area contributed by atoms with E-state index in [4.69, 9.17) is 4.74 Å². The number of carbonyl (C=O) groups is 3. The molecule has 3 rings (SSSR count). The van der Waals surface area contributed by atoms with Gasteiger partial charge in [-0.25, -0.2) is 4.79 Å². The quantitative estimate of drug-likeness (QED) is 0.380. The van der Waals surface area contributed by atoms with Crippen LogP contribution in [-0.4, -0.2) is 56.7 Å². The Labute approximate surface area is 186 Å². The Morgan fingerprint density at radius 1 is 1.35 bits per heavy atom. The number of hydrogen-bond donors (Lipinski definition) is 2. The first-order valence-electron chi connectivity index (χ1n) is 10.2. The predicted molar refractivity (Wildman–Crippen MR) is 119 cm³/mol. The number of rotatable bonds is 7. The Kier molecular flexibility index (Phi) is 6.91. The van der Waals surface area contributed by atoms with Crippen LogP contribution in [0.25, 0.3) is 0 Å². The summed E-state index contributed by atoms with van der Waals surface area (Å²) in [5, 5.41) is 12.9. The second kappa shape index (κ2) is 9.28. The standard InChI is InChI=1S/C23H28N2O5S/c1-5-9-16(26)15-13-31-21-18(24-17(27)12-14-10-7-6-8-11-14)20(28)25(21)19(15)22(29)30-23(2,3)4/h5-8,10-11,16,18,21,26H,1,9,12-13H2,2-4H3,(H,24,27)/t16-,18+,21+/m0/s1. The number of carbonyl (C=O) groups excluding carboxylic acids is 3. The van der Waals surface area contributed by atoms with E-state index in [1.54, 1.807) is 26.8 Å². The Morgan fingerprint density at radius 2 is 2.03 bits per heavy atom. The maximum atomic E-state index is 12.9. The smallest absolute Gasteiger partial charge is 0.355 e. The van der Waals surface area contributed by atoms with Crippen LogP contribution >= 0.6 is 11.8 Å². The third-order valence-corrected chi connectivity index (χ3v) is 6.21. The molecule has 2 amide bonds. The fourth-order valence-corrected chi connectivity index (χ4v) is 4.93. The minimum absolute atomic E-state index is 0.0755. The molecule has 2 N–H and O–H groups in total. The molecular formula is C23H28N2O5S. The zero-order chi connectivity index (χ0) is 22.8. The summed E-state index contributed by atoms with van der Waals surface area (Å²) in [7, 11) is 0. The molecule has 2 aliphatic rings. The van der Waals surface area contributed by atoms with E-state index in [9.17, 15) is 19.5 Å². The van der Waals surface area contributed by atoms with Gasteiger partial charge in [0, 0.05) is 5.75 Å². The molecule has 8 heteroatoms. The monoisotopic (exact) mass is 444 g/mol. The zero-order valence-electron chi connectivity index (χ0n) is 18.0. The van der Waals surface area contributed by atoms with Crippen LogP contribution in [0.2, 0.25) is 0 Å². The molecule has 31 heavy (non-hydrogen) atoms. The number of nitrogens with zero attached hydrogens (tertiary/aromatic N) is 1. The molecular weight excluding hydrogens is 416 g/mol. The van der Waals surface area contributed by atoms with Crippen LogP contribution in [0.5, 0.6) is 0 Å². The number of fused-ring (bicyclic) bond motifs is 1. The SMILES string of the molecule is C=CC[C@H](O)C1=C(C(=O)OC(C)(C)C)N2C(=O)[C@@H](NC(=O)Cc3ccccc3)[C@H]2SC1. The van der Waals surface area contributed by atoms with Gasteiger partial charge in [-0.05, 0) is 38.3 Å². The van der Waals surface area contributed by atoms with Crippen LogP contribution in [0.4, 0.5) is 0 Å². The van der Waals surface area contributed by atoms with Crippen molar-refractivity contribution in [1.29, 1.82) is 0 Å². The molecule has 1 aromatic rings. The molecule has 7 nitrogen and oxygen atoms in total. The van der Waals surface area contributed by atoms with Crippen LogP contribution in [0, 0.1) is 0 Å². The van der Waals surface area contributed by atoms with Gasteiger partial charge < -0.3 is 15.2 Å². The Morgan fingerprint density at radius 3 is 2.65 bits per heavy atom. The molecule has 166 valence electrons. The minimum atomic E-state index is -0.937. The number of hydrogen-bond acceptors (Lipinski definition) is 6. The second-order valence-electron chi connectivity index (χ2n) is 8.53.